The number of hydrogen-bond donors (Lipinski definition) is 3. The minimum atomic E-state index is -0.913. The number of nitrogens with zero attached hydrogens (tertiary/aromatic N) is 1. The summed E-state index contributed by atoms with van der Waals surface area (Å²) >= 11 is 0. The van der Waals surface area contributed by atoms with Crippen molar-refractivity contribution in [3.8, 4) is 11.1 Å². The fraction of sp³-hybridized carbons (Fsp3) is 0.200. The van der Waals surface area contributed by atoms with Crippen molar-refractivity contribution in [2.75, 3.05) is 10.6 Å². The van der Waals surface area contributed by atoms with Crippen LogP contribution in [-0.2, 0) is 4.79 Å². The fourth-order valence-electron chi connectivity index (χ4n) is 4.03. The molecule has 1 aromatic heterocycles. The van der Waals surface area contributed by atoms with E-state index >= 15 is 0 Å². The van der Waals surface area contributed by atoms with E-state index in [4.69, 9.17) is 0 Å². The first-order valence-electron chi connectivity index (χ1n) is 10.5. The minimum absolute atomic E-state index is 0.203. The summed E-state index contributed by atoms with van der Waals surface area (Å²) in [6, 6.07) is 19.6. The van der Waals surface area contributed by atoms with Crippen molar-refractivity contribution in [3.05, 3.63) is 78.6 Å². The zero-order valence-electron chi connectivity index (χ0n) is 17.3. The van der Waals surface area contributed by atoms with Gasteiger partial charge in [0, 0.05) is 29.1 Å². The molecular formula is C25H23N3O4. The molecule has 3 N–H and O–H groups in total. The number of aromatic nitrogens is 1. The number of carboxylic acid groups (broad SMARTS) is 1. The van der Waals surface area contributed by atoms with Gasteiger partial charge in [-0.1, -0.05) is 42.8 Å². The summed E-state index contributed by atoms with van der Waals surface area (Å²) in [5, 5.41) is 14.9. The zero-order valence-corrected chi connectivity index (χ0v) is 17.3. The standard InChI is InChI=1S/C25H23N3O4/c29-23(20-7-4-8-21(20)24(30)31)22-14-11-17(15-26-22)16-9-12-19(13-10-16)28-25(32)27-18-5-2-1-3-6-18/h1-3,5-6,9-15,20-21H,4,7-8H2,(H,30,31)(H2,27,28,32)/t20-,21-/m1/s1. The lowest BCUT2D eigenvalue weighted by atomic mass is 9.90. The van der Waals surface area contributed by atoms with E-state index in [0.29, 0.717) is 29.9 Å². The number of para-hydroxylation sites is 1. The van der Waals surface area contributed by atoms with Crippen molar-refractivity contribution >= 4 is 29.2 Å². The molecule has 2 aromatic carbocycles. The molecule has 7 heteroatoms. The van der Waals surface area contributed by atoms with Crippen LogP contribution in [0.3, 0.4) is 0 Å². The second-order valence-corrected chi connectivity index (χ2v) is 7.80. The van der Waals surface area contributed by atoms with Crippen molar-refractivity contribution in [2.24, 2.45) is 11.8 Å². The molecule has 162 valence electrons. The third-order valence-corrected chi connectivity index (χ3v) is 5.69. The van der Waals surface area contributed by atoms with Gasteiger partial charge in [-0.25, -0.2) is 4.79 Å². The molecule has 0 saturated heterocycles. The van der Waals surface area contributed by atoms with Crippen LogP contribution in [0.25, 0.3) is 11.1 Å². The van der Waals surface area contributed by atoms with Gasteiger partial charge in [-0.2, -0.15) is 0 Å². The molecular weight excluding hydrogens is 406 g/mol. The number of urea groups is 1. The number of carbonyl (C=O) groups is 3. The third kappa shape index (κ3) is 4.83. The van der Waals surface area contributed by atoms with Crippen molar-refractivity contribution < 1.29 is 19.5 Å². The highest BCUT2D eigenvalue weighted by atomic mass is 16.4. The first kappa shape index (κ1) is 21.2. The molecule has 7 nitrogen and oxygen atoms in total. The summed E-state index contributed by atoms with van der Waals surface area (Å²) in [5.41, 5.74) is 3.35. The zero-order chi connectivity index (χ0) is 22.5. The molecule has 0 radical (unpaired) electrons. The van der Waals surface area contributed by atoms with E-state index in [1.54, 1.807) is 42.6 Å². The van der Waals surface area contributed by atoms with Gasteiger partial charge in [0.15, 0.2) is 5.78 Å². The first-order valence-corrected chi connectivity index (χ1v) is 10.5. The lowest BCUT2D eigenvalue weighted by Gasteiger charge is -2.14. The Labute approximate surface area is 185 Å². The third-order valence-electron chi connectivity index (χ3n) is 5.69. The second-order valence-electron chi connectivity index (χ2n) is 7.80. The van der Waals surface area contributed by atoms with E-state index in [1.807, 2.05) is 30.3 Å². The Kier molecular flexibility index (Phi) is 6.26. The summed E-state index contributed by atoms with van der Waals surface area (Å²) in [7, 11) is 0. The maximum atomic E-state index is 12.7. The number of nitrogens with one attached hydrogen (secondary N) is 2. The first-order chi connectivity index (χ1) is 15.5. The lowest BCUT2D eigenvalue weighted by molar-refractivity contribution is -0.142. The molecule has 1 fully saturated rings. The second kappa shape index (κ2) is 9.43. The molecule has 0 unspecified atom stereocenters. The molecule has 0 aliphatic heterocycles. The molecule has 1 heterocycles. The Morgan fingerprint density at radius 2 is 1.41 bits per heavy atom. The topological polar surface area (TPSA) is 108 Å². The van der Waals surface area contributed by atoms with Gasteiger partial charge in [-0.3, -0.25) is 14.6 Å². The number of benzene rings is 2. The lowest BCUT2D eigenvalue weighted by Crippen LogP contribution is -2.25. The average molecular weight is 429 g/mol. The van der Waals surface area contributed by atoms with Crippen LogP contribution in [0, 0.1) is 11.8 Å². The Morgan fingerprint density at radius 3 is 2.03 bits per heavy atom. The predicted octanol–water partition coefficient (Wildman–Crippen LogP) is 5.08. The van der Waals surface area contributed by atoms with Gasteiger partial charge >= 0.3 is 12.0 Å². The summed E-state index contributed by atoms with van der Waals surface area (Å²) in [6.45, 7) is 0. The quantitative estimate of drug-likeness (QED) is 0.474. The minimum Gasteiger partial charge on any atom is -0.481 e. The molecule has 0 spiro atoms. The smallest absolute Gasteiger partial charge is 0.323 e. The van der Waals surface area contributed by atoms with Crippen LogP contribution in [0.2, 0.25) is 0 Å². The number of Topliss-reactive ketones (excluding diaryl/α,β-unsaturated/α-hetero) is 1. The highest BCUT2D eigenvalue weighted by Gasteiger charge is 2.38. The Bertz CT molecular complexity index is 1110. The van der Waals surface area contributed by atoms with Gasteiger partial charge in [0.05, 0.1) is 5.92 Å². The maximum Gasteiger partial charge on any atom is 0.323 e. The van der Waals surface area contributed by atoms with Crippen molar-refractivity contribution in [1.82, 2.24) is 4.98 Å². The Morgan fingerprint density at radius 1 is 0.781 bits per heavy atom. The van der Waals surface area contributed by atoms with Crippen LogP contribution < -0.4 is 10.6 Å². The summed E-state index contributed by atoms with van der Waals surface area (Å²) in [4.78, 5) is 40.5. The highest BCUT2D eigenvalue weighted by Crippen LogP contribution is 2.34. The van der Waals surface area contributed by atoms with E-state index < -0.39 is 17.8 Å². The van der Waals surface area contributed by atoms with Gasteiger partial charge < -0.3 is 15.7 Å². The maximum absolute atomic E-state index is 12.7. The number of carboxylic acids is 1. The summed E-state index contributed by atoms with van der Waals surface area (Å²) < 4.78 is 0. The molecule has 1 aliphatic rings. The van der Waals surface area contributed by atoms with E-state index in [1.165, 1.54) is 0 Å². The van der Waals surface area contributed by atoms with Crippen molar-refractivity contribution in [1.29, 1.82) is 0 Å². The molecule has 2 amide bonds. The van der Waals surface area contributed by atoms with Gasteiger partial charge in [0.2, 0.25) is 0 Å². The largest absolute Gasteiger partial charge is 0.481 e. The number of ketones is 1. The molecule has 32 heavy (non-hydrogen) atoms. The number of hydrogen-bond acceptors (Lipinski definition) is 4. The summed E-state index contributed by atoms with van der Waals surface area (Å²) in [5.74, 6) is -2.24. The molecule has 1 saturated carbocycles. The van der Waals surface area contributed by atoms with Crippen LogP contribution >= 0.6 is 0 Å². The van der Waals surface area contributed by atoms with Gasteiger partial charge in [-0.05, 0) is 48.7 Å². The predicted molar refractivity (Wildman–Crippen MR) is 122 cm³/mol. The van der Waals surface area contributed by atoms with E-state index in [9.17, 15) is 19.5 Å². The van der Waals surface area contributed by atoms with Crippen LogP contribution in [0.1, 0.15) is 29.8 Å². The number of aliphatic carboxylic acids is 1. The molecule has 0 bridgehead atoms. The normalized spacial score (nSPS) is 17.5. The SMILES string of the molecule is O=C(Nc1ccccc1)Nc1ccc(-c2ccc(C(=O)[C@@H]3CCC[C@H]3C(=O)O)nc2)cc1. The van der Waals surface area contributed by atoms with Gasteiger partial charge in [-0.15, -0.1) is 0 Å². The number of rotatable bonds is 6. The van der Waals surface area contributed by atoms with Gasteiger partial charge in [0.1, 0.15) is 5.69 Å². The fourth-order valence-corrected chi connectivity index (χ4v) is 4.03. The van der Waals surface area contributed by atoms with Gasteiger partial charge in [0.25, 0.3) is 0 Å². The number of amides is 2. The molecule has 4 rings (SSSR count). The number of carbonyl (C=O) groups excluding carboxylic acids is 2. The average Bonchev–Trinajstić information content (AvgIpc) is 3.30. The highest BCUT2D eigenvalue weighted by molar-refractivity contribution is 6.00. The van der Waals surface area contributed by atoms with Crippen LogP contribution in [-0.4, -0.2) is 27.9 Å². The van der Waals surface area contributed by atoms with Crippen LogP contribution in [0.4, 0.5) is 16.2 Å². The number of pyridine rings is 1. The molecule has 1 aliphatic carbocycles. The van der Waals surface area contributed by atoms with E-state index in [-0.39, 0.29) is 11.8 Å². The van der Waals surface area contributed by atoms with E-state index in [2.05, 4.69) is 15.6 Å². The molecule has 3 aromatic rings. The summed E-state index contributed by atoms with van der Waals surface area (Å²) in [6.07, 6.45) is 3.48. The monoisotopic (exact) mass is 429 g/mol. The van der Waals surface area contributed by atoms with Crippen molar-refractivity contribution in [2.45, 2.75) is 19.3 Å². The Hall–Kier alpha value is -4.00. The number of anilines is 2. The Balaban J connectivity index is 1.39. The van der Waals surface area contributed by atoms with E-state index in [0.717, 1.165) is 17.5 Å². The van der Waals surface area contributed by atoms with Crippen LogP contribution in [0.15, 0.2) is 72.9 Å². The molecule has 2 atom stereocenters. The van der Waals surface area contributed by atoms with Crippen molar-refractivity contribution in [3.63, 3.8) is 0 Å². The van der Waals surface area contributed by atoms with Crippen LogP contribution in [0.5, 0.6) is 0 Å².